The Balaban J connectivity index is 1.31. The summed E-state index contributed by atoms with van der Waals surface area (Å²) in [5, 5.41) is 13.8. The highest BCUT2D eigenvalue weighted by atomic mass is 16.6. The van der Waals surface area contributed by atoms with Crippen molar-refractivity contribution in [3.8, 4) is 0 Å². The summed E-state index contributed by atoms with van der Waals surface area (Å²) in [6.45, 7) is 2.94. The number of carbonyl (C=O) groups excluding carboxylic acids is 3. The molecule has 0 spiro atoms. The number of urea groups is 1. The third kappa shape index (κ3) is 4.77. The topological polar surface area (TPSA) is 125 Å². The minimum absolute atomic E-state index is 0.0540. The van der Waals surface area contributed by atoms with Crippen LogP contribution in [0.2, 0.25) is 0 Å². The monoisotopic (exact) mass is 459 g/mol. The lowest BCUT2D eigenvalue weighted by Crippen LogP contribution is -2.62. The van der Waals surface area contributed by atoms with Gasteiger partial charge in [0.25, 0.3) is 5.69 Å². The standard InChI is InChI=1S/C22H29N5O6/c1-33-13-12-26-21(29)18-7-2-15(14-19(18)23-22(26)30)20(28)25-10-8-24(9-11-25)16-3-5-17(6-4-16)27(31)32/h3-6,15,18-19H,2,7-14H2,1H3,(H,23,30). The Morgan fingerprint density at radius 2 is 1.85 bits per heavy atom. The molecule has 1 aromatic rings. The number of ether oxygens (including phenoxy) is 1. The van der Waals surface area contributed by atoms with Gasteiger partial charge < -0.3 is 19.9 Å². The van der Waals surface area contributed by atoms with Gasteiger partial charge in [-0.3, -0.25) is 24.6 Å². The summed E-state index contributed by atoms with van der Waals surface area (Å²) in [6, 6.07) is 5.71. The lowest BCUT2D eigenvalue weighted by Gasteiger charge is -2.43. The number of amides is 4. The van der Waals surface area contributed by atoms with Crippen molar-refractivity contribution in [3.05, 3.63) is 34.4 Å². The van der Waals surface area contributed by atoms with Crippen LogP contribution < -0.4 is 10.2 Å². The number of piperazine rings is 1. The van der Waals surface area contributed by atoms with E-state index < -0.39 is 11.0 Å². The molecule has 33 heavy (non-hydrogen) atoms. The van der Waals surface area contributed by atoms with E-state index in [1.165, 1.54) is 24.1 Å². The number of fused-ring (bicyclic) bond motifs is 1. The van der Waals surface area contributed by atoms with Crippen molar-refractivity contribution in [1.82, 2.24) is 15.1 Å². The van der Waals surface area contributed by atoms with Crippen LogP contribution in [0.5, 0.6) is 0 Å². The maximum Gasteiger partial charge on any atom is 0.324 e. The van der Waals surface area contributed by atoms with E-state index in [0.29, 0.717) is 52.0 Å². The molecular weight excluding hydrogens is 430 g/mol. The first-order valence-electron chi connectivity index (χ1n) is 11.3. The number of carbonyl (C=O) groups is 3. The molecule has 1 aliphatic carbocycles. The molecule has 1 saturated carbocycles. The second-order valence-corrected chi connectivity index (χ2v) is 8.74. The number of hydrogen-bond donors (Lipinski definition) is 1. The Kier molecular flexibility index (Phi) is 6.77. The predicted octanol–water partition coefficient (Wildman–Crippen LogP) is 1.23. The zero-order chi connectivity index (χ0) is 23.5. The van der Waals surface area contributed by atoms with Crippen molar-refractivity contribution in [2.45, 2.75) is 25.3 Å². The van der Waals surface area contributed by atoms with Crippen LogP contribution >= 0.6 is 0 Å². The molecule has 11 nitrogen and oxygen atoms in total. The third-order valence-electron chi connectivity index (χ3n) is 6.87. The lowest BCUT2D eigenvalue weighted by atomic mass is 9.76. The minimum Gasteiger partial charge on any atom is -0.383 e. The summed E-state index contributed by atoms with van der Waals surface area (Å²) in [5.74, 6) is -0.609. The number of nitrogens with zero attached hydrogens (tertiary/aromatic N) is 4. The predicted molar refractivity (Wildman–Crippen MR) is 119 cm³/mol. The van der Waals surface area contributed by atoms with Gasteiger partial charge in [0.15, 0.2) is 0 Å². The molecule has 11 heteroatoms. The first-order valence-corrected chi connectivity index (χ1v) is 11.3. The van der Waals surface area contributed by atoms with E-state index in [4.69, 9.17) is 4.74 Å². The number of nitro benzene ring substituents is 1. The van der Waals surface area contributed by atoms with Crippen LogP contribution in [0.1, 0.15) is 19.3 Å². The molecule has 3 unspecified atom stereocenters. The van der Waals surface area contributed by atoms with Crippen LogP contribution in [0.25, 0.3) is 0 Å². The van der Waals surface area contributed by atoms with Gasteiger partial charge in [-0.15, -0.1) is 0 Å². The van der Waals surface area contributed by atoms with E-state index >= 15 is 0 Å². The highest BCUT2D eigenvalue weighted by Crippen LogP contribution is 2.34. The summed E-state index contributed by atoms with van der Waals surface area (Å²) in [4.78, 5) is 53.9. The summed E-state index contributed by atoms with van der Waals surface area (Å²) in [6.07, 6.45) is 1.68. The zero-order valence-corrected chi connectivity index (χ0v) is 18.6. The smallest absolute Gasteiger partial charge is 0.324 e. The van der Waals surface area contributed by atoms with Crippen LogP contribution in [-0.2, 0) is 14.3 Å². The summed E-state index contributed by atoms with van der Waals surface area (Å²) >= 11 is 0. The number of nitro groups is 1. The maximum atomic E-state index is 13.2. The fraction of sp³-hybridized carbons (Fsp3) is 0.591. The number of nitrogens with one attached hydrogen (secondary N) is 1. The van der Waals surface area contributed by atoms with Crippen molar-refractivity contribution in [1.29, 1.82) is 0 Å². The SMILES string of the molecule is COCCN1C(=O)NC2CC(C(=O)N3CCN(c4ccc([N+](=O)[O-])cc4)CC3)CCC2C1=O. The van der Waals surface area contributed by atoms with E-state index in [2.05, 4.69) is 10.2 Å². The number of rotatable bonds is 6. The largest absolute Gasteiger partial charge is 0.383 e. The second kappa shape index (κ2) is 9.74. The van der Waals surface area contributed by atoms with Gasteiger partial charge in [-0.05, 0) is 31.4 Å². The molecule has 3 atom stereocenters. The average Bonchev–Trinajstić information content (AvgIpc) is 2.83. The molecule has 2 saturated heterocycles. The normalized spacial score (nSPS) is 25.5. The van der Waals surface area contributed by atoms with E-state index in [-0.39, 0.29) is 41.9 Å². The Bertz CT molecular complexity index is 914. The third-order valence-corrected chi connectivity index (χ3v) is 6.87. The Morgan fingerprint density at radius 3 is 2.48 bits per heavy atom. The van der Waals surface area contributed by atoms with Gasteiger partial charge in [0, 0.05) is 63.1 Å². The van der Waals surface area contributed by atoms with Crippen molar-refractivity contribution < 1.29 is 24.0 Å². The van der Waals surface area contributed by atoms with Gasteiger partial charge in [-0.1, -0.05) is 0 Å². The molecule has 4 amide bonds. The molecule has 0 aromatic heterocycles. The average molecular weight is 460 g/mol. The van der Waals surface area contributed by atoms with Crippen LogP contribution in [-0.4, -0.2) is 85.1 Å². The molecule has 178 valence electrons. The van der Waals surface area contributed by atoms with Crippen molar-refractivity contribution in [3.63, 3.8) is 0 Å². The summed E-state index contributed by atoms with van der Waals surface area (Å²) in [7, 11) is 1.53. The Morgan fingerprint density at radius 1 is 1.15 bits per heavy atom. The lowest BCUT2D eigenvalue weighted by molar-refractivity contribution is -0.384. The number of imide groups is 1. The highest BCUT2D eigenvalue weighted by molar-refractivity contribution is 5.99. The van der Waals surface area contributed by atoms with Gasteiger partial charge in [0.1, 0.15) is 0 Å². The molecular formula is C22H29N5O6. The fourth-order valence-corrected chi connectivity index (χ4v) is 5.01. The minimum atomic E-state index is -0.422. The van der Waals surface area contributed by atoms with Crippen molar-refractivity contribution in [2.75, 3.05) is 51.3 Å². The van der Waals surface area contributed by atoms with E-state index in [1.54, 1.807) is 12.1 Å². The van der Waals surface area contributed by atoms with Gasteiger partial charge >= 0.3 is 6.03 Å². The summed E-state index contributed by atoms with van der Waals surface area (Å²) < 4.78 is 4.99. The fourth-order valence-electron chi connectivity index (χ4n) is 5.01. The molecule has 3 fully saturated rings. The van der Waals surface area contributed by atoms with Gasteiger partial charge in [-0.2, -0.15) is 0 Å². The van der Waals surface area contributed by atoms with Gasteiger partial charge in [0.05, 0.1) is 24.0 Å². The number of methoxy groups -OCH3 is 1. The van der Waals surface area contributed by atoms with Crippen LogP contribution in [0.15, 0.2) is 24.3 Å². The number of non-ortho nitro benzene ring substituents is 1. The maximum absolute atomic E-state index is 13.2. The Labute approximate surface area is 191 Å². The first-order chi connectivity index (χ1) is 15.9. The number of anilines is 1. The first kappa shape index (κ1) is 23.0. The van der Waals surface area contributed by atoms with E-state index in [9.17, 15) is 24.5 Å². The molecule has 4 rings (SSSR count). The van der Waals surface area contributed by atoms with Crippen LogP contribution in [0, 0.1) is 22.0 Å². The number of benzene rings is 1. The van der Waals surface area contributed by atoms with Crippen molar-refractivity contribution >= 4 is 29.2 Å². The second-order valence-electron chi connectivity index (χ2n) is 8.74. The number of hydrogen-bond acceptors (Lipinski definition) is 7. The summed E-state index contributed by atoms with van der Waals surface area (Å²) in [5.41, 5.74) is 0.952. The van der Waals surface area contributed by atoms with Gasteiger partial charge in [-0.25, -0.2) is 4.79 Å². The molecule has 0 bridgehead atoms. The molecule has 1 N–H and O–H groups in total. The Hall–Kier alpha value is -3.21. The van der Waals surface area contributed by atoms with E-state index in [0.717, 1.165) is 5.69 Å². The molecule has 3 aliphatic rings. The molecule has 0 radical (unpaired) electrons. The molecule has 1 aromatic carbocycles. The van der Waals surface area contributed by atoms with Crippen molar-refractivity contribution in [2.24, 2.45) is 11.8 Å². The van der Waals surface area contributed by atoms with E-state index in [1.807, 2.05) is 4.90 Å². The highest BCUT2D eigenvalue weighted by Gasteiger charge is 2.45. The quantitative estimate of drug-likeness (QED) is 0.501. The molecule has 2 aliphatic heterocycles. The van der Waals surface area contributed by atoms with Crippen LogP contribution in [0.4, 0.5) is 16.2 Å². The molecule has 2 heterocycles. The van der Waals surface area contributed by atoms with Gasteiger partial charge in [0.2, 0.25) is 11.8 Å². The zero-order valence-electron chi connectivity index (χ0n) is 18.6. The van der Waals surface area contributed by atoms with Crippen LogP contribution in [0.3, 0.4) is 0 Å².